The number of nitrogens with zero attached hydrogens (tertiary/aromatic N) is 3. The first-order valence-corrected chi connectivity index (χ1v) is 9.27. The highest BCUT2D eigenvalue weighted by Crippen LogP contribution is 2.35. The van der Waals surface area contributed by atoms with Crippen molar-refractivity contribution in [3.8, 4) is 11.1 Å². The topological polar surface area (TPSA) is 47.3 Å². The van der Waals surface area contributed by atoms with Crippen LogP contribution in [0.2, 0.25) is 0 Å². The molecular formula is C20H14FN3OS. The van der Waals surface area contributed by atoms with Gasteiger partial charge in [0.2, 0.25) is 0 Å². The minimum Gasteiger partial charge on any atom is -0.294 e. The first kappa shape index (κ1) is 15.4. The number of carbonyl (C=O) groups is 1. The van der Waals surface area contributed by atoms with Gasteiger partial charge in [-0.15, -0.1) is 11.3 Å². The van der Waals surface area contributed by atoms with Crippen LogP contribution in [0.25, 0.3) is 16.8 Å². The normalized spacial score (nSPS) is 16.8. The second-order valence-corrected chi connectivity index (χ2v) is 7.46. The number of rotatable bonds is 2. The summed E-state index contributed by atoms with van der Waals surface area (Å²) in [5, 5.41) is 6.38. The molecule has 0 bridgehead atoms. The Morgan fingerprint density at radius 3 is 2.73 bits per heavy atom. The molecule has 0 amide bonds. The smallest absolute Gasteiger partial charge is 0.166 e. The van der Waals surface area contributed by atoms with Gasteiger partial charge in [-0.3, -0.25) is 4.79 Å². The molecule has 1 aliphatic carbocycles. The molecule has 26 heavy (non-hydrogen) atoms. The third-order valence-corrected chi connectivity index (χ3v) is 5.88. The van der Waals surface area contributed by atoms with E-state index in [1.807, 2.05) is 11.4 Å². The highest BCUT2D eigenvalue weighted by atomic mass is 32.1. The van der Waals surface area contributed by atoms with Crippen molar-refractivity contribution in [3.05, 3.63) is 76.1 Å². The Labute approximate surface area is 152 Å². The number of ketones is 1. The fourth-order valence-electron chi connectivity index (χ4n) is 3.53. The molecule has 0 saturated heterocycles. The zero-order valence-electron chi connectivity index (χ0n) is 13.7. The molecule has 0 fully saturated rings. The van der Waals surface area contributed by atoms with Crippen molar-refractivity contribution in [1.82, 2.24) is 14.6 Å². The fourth-order valence-corrected chi connectivity index (χ4v) is 4.36. The Hall–Kier alpha value is -2.86. The molecule has 1 unspecified atom stereocenters. The summed E-state index contributed by atoms with van der Waals surface area (Å²) in [6.45, 7) is 0. The van der Waals surface area contributed by atoms with Crippen molar-refractivity contribution in [1.29, 1.82) is 0 Å². The Bertz CT molecular complexity index is 1120. The highest BCUT2D eigenvalue weighted by molar-refractivity contribution is 7.10. The molecule has 5 rings (SSSR count). The maximum Gasteiger partial charge on any atom is 0.166 e. The third-order valence-electron chi connectivity index (χ3n) is 4.85. The van der Waals surface area contributed by atoms with Crippen LogP contribution >= 0.6 is 11.3 Å². The lowest BCUT2D eigenvalue weighted by Gasteiger charge is -2.22. The Kier molecular flexibility index (Phi) is 3.46. The lowest BCUT2D eigenvalue weighted by Crippen LogP contribution is -2.20. The van der Waals surface area contributed by atoms with Crippen LogP contribution in [-0.2, 0) is 6.42 Å². The van der Waals surface area contributed by atoms with Gasteiger partial charge in [0.1, 0.15) is 5.82 Å². The second-order valence-electron chi connectivity index (χ2n) is 6.48. The van der Waals surface area contributed by atoms with Crippen LogP contribution in [0.5, 0.6) is 0 Å². The van der Waals surface area contributed by atoms with Gasteiger partial charge < -0.3 is 0 Å². The first-order chi connectivity index (χ1) is 12.7. The molecule has 0 spiro atoms. The van der Waals surface area contributed by atoms with Gasteiger partial charge >= 0.3 is 0 Å². The van der Waals surface area contributed by atoms with Crippen LogP contribution in [0.4, 0.5) is 4.39 Å². The number of hydrogen-bond acceptors (Lipinski definition) is 4. The number of carbonyl (C=O) groups excluding carboxylic acids is 1. The predicted molar refractivity (Wildman–Crippen MR) is 98.1 cm³/mol. The van der Waals surface area contributed by atoms with E-state index in [0.717, 1.165) is 23.2 Å². The van der Waals surface area contributed by atoms with E-state index in [-0.39, 0.29) is 17.5 Å². The van der Waals surface area contributed by atoms with Gasteiger partial charge in [-0.2, -0.15) is 5.10 Å². The maximum absolute atomic E-state index is 13.2. The van der Waals surface area contributed by atoms with Crippen LogP contribution < -0.4 is 0 Å². The van der Waals surface area contributed by atoms with E-state index in [4.69, 9.17) is 4.98 Å². The third kappa shape index (κ3) is 2.45. The van der Waals surface area contributed by atoms with E-state index in [1.54, 1.807) is 40.4 Å². The molecule has 0 aliphatic heterocycles. The standard InChI is InChI=1S/C20H14FN3OS/c21-14-5-3-12(4-6-14)15-10-22-24-11-16-17(23-20(15)24)8-13(9-18(16)25)19-2-1-7-26-19/h1-7,10-11,13H,8-9H2. The van der Waals surface area contributed by atoms with Crippen LogP contribution in [0.3, 0.4) is 0 Å². The summed E-state index contributed by atoms with van der Waals surface area (Å²) in [6, 6.07) is 10.4. The van der Waals surface area contributed by atoms with Gasteiger partial charge in [0, 0.05) is 29.0 Å². The van der Waals surface area contributed by atoms with E-state index in [2.05, 4.69) is 11.2 Å². The van der Waals surface area contributed by atoms with Gasteiger partial charge in [-0.05, 0) is 35.6 Å². The molecular weight excluding hydrogens is 349 g/mol. The second kappa shape index (κ2) is 5.85. The van der Waals surface area contributed by atoms with E-state index >= 15 is 0 Å². The monoisotopic (exact) mass is 363 g/mol. The number of halogens is 1. The van der Waals surface area contributed by atoms with E-state index in [0.29, 0.717) is 17.6 Å². The minimum absolute atomic E-state index is 0.109. The van der Waals surface area contributed by atoms with Crippen molar-refractivity contribution in [3.63, 3.8) is 0 Å². The van der Waals surface area contributed by atoms with Crippen LogP contribution in [0.15, 0.2) is 54.2 Å². The van der Waals surface area contributed by atoms with Crippen LogP contribution in [0.1, 0.15) is 33.3 Å². The van der Waals surface area contributed by atoms with Gasteiger partial charge in [0.15, 0.2) is 11.4 Å². The highest BCUT2D eigenvalue weighted by Gasteiger charge is 2.29. The van der Waals surface area contributed by atoms with Crippen molar-refractivity contribution in [2.75, 3.05) is 0 Å². The summed E-state index contributed by atoms with van der Waals surface area (Å²) in [5.74, 6) is 0.0139. The molecule has 128 valence electrons. The van der Waals surface area contributed by atoms with Crippen molar-refractivity contribution in [2.45, 2.75) is 18.8 Å². The molecule has 0 N–H and O–H groups in total. The number of fused-ring (bicyclic) bond motifs is 2. The van der Waals surface area contributed by atoms with E-state index in [1.165, 1.54) is 17.0 Å². The summed E-state index contributed by atoms with van der Waals surface area (Å²) >= 11 is 1.68. The number of hydrogen-bond donors (Lipinski definition) is 0. The van der Waals surface area contributed by atoms with Crippen molar-refractivity contribution < 1.29 is 9.18 Å². The number of aromatic nitrogens is 3. The molecule has 3 heterocycles. The minimum atomic E-state index is -0.278. The Balaban J connectivity index is 1.62. The maximum atomic E-state index is 13.2. The van der Waals surface area contributed by atoms with Crippen molar-refractivity contribution in [2.24, 2.45) is 0 Å². The van der Waals surface area contributed by atoms with Crippen LogP contribution in [0, 0.1) is 5.82 Å². The number of Topliss-reactive ketones (excluding diaryl/α,β-unsaturated/α-hetero) is 1. The molecule has 6 heteroatoms. The first-order valence-electron chi connectivity index (χ1n) is 8.39. The summed E-state index contributed by atoms with van der Waals surface area (Å²) in [7, 11) is 0. The molecule has 1 atom stereocenters. The largest absolute Gasteiger partial charge is 0.294 e. The molecule has 4 nitrogen and oxygen atoms in total. The summed E-state index contributed by atoms with van der Waals surface area (Å²) in [4.78, 5) is 18.6. The molecule has 4 aromatic rings. The van der Waals surface area contributed by atoms with Gasteiger partial charge in [-0.1, -0.05) is 18.2 Å². The molecule has 0 saturated carbocycles. The van der Waals surface area contributed by atoms with E-state index < -0.39 is 0 Å². The van der Waals surface area contributed by atoms with Gasteiger partial charge in [0.05, 0.1) is 17.5 Å². The zero-order valence-corrected chi connectivity index (χ0v) is 14.5. The number of thiophene rings is 1. The Morgan fingerprint density at radius 1 is 1.12 bits per heavy atom. The summed E-state index contributed by atoms with van der Waals surface area (Å²) in [5.41, 5.74) is 3.84. The lowest BCUT2D eigenvalue weighted by molar-refractivity contribution is 0.0963. The molecule has 1 aliphatic rings. The van der Waals surface area contributed by atoms with Crippen molar-refractivity contribution >= 4 is 22.8 Å². The van der Waals surface area contributed by atoms with Gasteiger partial charge in [-0.25, -0.2) is 13.9 Å². The predicted octanol–water partition coefficient (Wildman–Crippen LogP) is 4.51. The fraction of sp³-hybridized carbons (Fsp3) is 0.150. The molecule has 0 radical (unpaired) electrons. The van der Waals surface area contributed by atoms with Crippen LogP contribution in [-0.4, -0.2) is 20.4 Å². The molecule has 1 aromatic carbocycles. The molecule has 3 aromatic heterocycles. The average Bonchev–Trinajstić information content (AvgIpc) is 3.31. The van der Waals surface area contributed by atoms with E-state index in [9.17, 15) is 9.18 Å². The Morgan fingerprint density at radius 2 is 1.96 bits per heavy atom. The zero-order chi connectivity index (χ0) is 17.7. The summed E-state index contributed by atoms with van der Waals surface area (Å²) in [6.07, 6.45) is 4.73. The van der Waals surface area contributed by atoms with Gasteiger partial charge in [0.25, 0.3) is 0 Å². The average molecular weight is 363 g/mol. The number of benzene rings is 1. The summed E-state index contributed by atoms with van der Waals surface area (Å²) < 4.78 is 14.9. The quantitative estimate of drug-likeness (QED) is 0.526. The lowest BCUT2D eigenvalue weighted by atomic mass is 9.85. The SMILES string of the molecule is O=C1CC(c2cccs2)Cc2nc3c(-c4ccc(F)cc4)cnn3cc21.